The van der Waals surface area contributed by atoms with Crippen LogP contribution < -0.4 is 5.32 Å². The molecular weight excluding hydrogens is 352 g/mol. The Balaban J connectivity index is 1.35. The number of hydrogen-bond acceptors (Lipinski definition) is 4. The number of ether oxygens (including phenoxy) is 1. The van der Waals surface area contributed by atoms with Gasteiger partial charge in [0.1, 0.15) is 0 Å². The highest BCUT2D eigenvalue weighted by Gasteiger charge is 2.38. The smallest absolute Gasteiger partial charge is 0.321 e. The first-order valence-electron chi connectivity index (χ1n) is 10.1. The molecule has 2 amide bonds. The van der Waals surface area contributed by atoms with Crippen LogP contribution >= 0.6 is 0 Å². The van der Waals surface area contributed by atoms with Gasteiger partial charge in [-0.15, -0.1) is 0 Å². The van der Waals surface area contributed by atoms with Gasteiger partial charge in [-0.1, -0.05) is 24.3 Å². The zero-order valence-electron chi connectivity index (χ0n) is 16.2. The molecule has 2 saturated heterocycles. The molecule has 28 heavy (non-hydrogen) atoms. The molecule has 0 saturated carbocycles. The van der Waals surface area contributed by atoms with Crippen molar-refractivity contribution in [2.75, 3.05) is 38.1 Å². The van der Waals surface area contributed by atoms with E-state index in [0.29, 0.717) is 0 Å². The van der Waals surface area contributed by atoms with Crippen LogP contribution in [0.15, 0.2) is 54.9 Å². The van der Waals surface area contributed by atoms with Crippen molar-refractivity contribution in [2.24, 2.45) is 0 Å². The minimum absolute atomic E-state index is 0.0220. The highest BCUT2D eigenvalue weighted by Crippen LogP contribution is 2.31. The number of carbonyl (C=O) groups is 1. The lowest BCUT2D eigenvalue weighted by molar-refractivity contribution is -0.117. The number of morpholine rings is 1. The highest BCUT2D eigenvalue weighted by molar-refractivity contribution is 5.89. The summed E-state index contributed by atoms with van der Waals surface area (Å²) in [5.41, 5.74) is 1.92. The number of nitrogens with one attached hydrogen (secondary N) is 1. The summed E-state index contributed by atoms with van der Waals surface area (Å²) >= 11 is 0. The summed E-state index contributed by atoms with van der Waals surface area (Å²) < 4.78 is 6.29. The Morgan fingerprint density at radius 2 is 2.00 bits per heavy atom. The number of pyridine rings is 1. The standard InChI is InChI=1S/C22H28N4O2/c27-21(24-20-7-2-1-3-8-20)26-12-5-9-22(10-13-26)18-25(14-15-28-22)17-19-6-4-11-23-16-19/h1-4,6-8,11,16H,5,9-10,12-15,17-18H2,(H,24,27)/t22-/m1/s1. The van der Waals surface area contributed by atoms with Gasteiger partial charge in [-0.3, -0.25) is 9.88 Å². The van der Waals surface area contributed by atoms with Gasteiger partial charge in [0, 0.05) is 50.8 Å². The maximum Gasteiger partial charge on any atom is 0.321 e. The van der Waals surface area contributed by atoms with E-state index in [1.165, 1.54) is 5.56 Å². The van der Waals surface area contributed by atoms with Crippen molar-refractivity contribution in [1.29, 1.82) is 0 Å². The quantitative estimate of drug-likeness (QED) is 0.887. The van der Waals surface area contributed by atoms with Gasteiger partial charge in [-0.25, -0.2) is 4.79 Å². The zero-order chi connectivity index (χ0) is 19.2. The largest absolute Gasteiger partial charge is 0.372 e. The molecule has 2 aromatic rings. The van der Waals surface area contributed by atoms with E-state index in [9.17, 15) is 4.79 Å². The third-order valence-electron chi connectivity index (χ3n) is 5.67. The lowest BCUT2D eigenvalue weighted by Gasteiger charge is -2.42. The average Bonchev–Trinajstić information content (AvgIpc) is 2.92. The second-order valence-corrected chi connectivity index (χ2v) is 7.74. The molecule has 1 spiro atoms. The molecule has 0 radical (unpaired) electrons. The van der Waals surface area contributed by atoms with Crippen LogP contribution in [0.3, 0.4) is 0 Å². The van der Waals surface area contributed by atoms with Gasteiger partial charge in [-0.05, 0) is 43.0 Å². The minimum Gasteiger partial charge on any atom is -0.372 e. The number of para-hydroxylation sites is 1. The summed E-state index contributed by atoms with van der Waals surface area (Å²) in [6, 6.07) is 13.7. The number of aromatic nitrogens is 1. The molecule has 2 aliphatic rings. The predicted octanol–water partition coefficient (Wildman–Crippen LogP) is 3.37. The summed E-state index contributed by atoms with van der Waals surface area (Å²) in [6.07, 6.45) is 6.57. The van der Waals surface area contributed by atoms with E-state index in [4.69, 9.17) is 4.74 Å². The van der Waals surface area contributed by atoms with E-state index in [-0.39, 0.29) is 11.6 Å². The van der Waals surface area contributed by atoms with Crippen LogP contribution in [-0.4, -0.2) is 59.2 Å². The van der Waals surface area contributed by atoms with Gasteiger partial charge in [0.15, 0.2) is 0 Å². The first-order valence-corrected chi connectivity index (χ1v) is 10.1. The third kappa shape index (κ3) is 4.69. The maximum atomic E-state index is 12.7. The molecule has 4 rings (SSSR count). The van der Waals surface area contributed by atoms with Gasteiger partial charge in [-0.2, -0.15) is 0 Å². The van der Waals surface area contributed by atoms with Gasteiger partial charge in [0.05, 0.1) is 12.2 Å². The van der Waals surface area contributed by atoms with E-state index in [1.807, 2.05) is 53.7 Å². The first kappa shape index (κ1) is 18.9. The van der Waals surface area contributed by atoms with Crippen molar-refractivity contribution in [3.05, 3.63) is 60.4 Å². The Kier molecular flexibility index (Phi) is 5.88. The van der Waals surface area contributed by atoms with Crippen LogP contribution in [0, 0.1) is 0 Å². The summed E-state index contributed by atoms with van der Waals surface area (Å²) in [5.74, 6) is 0. The molecule has 1 N–H and O–H groups in total. The monoisotopic (exact) mass is 380 g/mol. The molecule has 6 nitrogen and oxygen atoms in total. The number of anilines is 1. The summed E-state index contributed by atoms with van der Waals surface area (Å²) in [7, 11) is 0. The summed E-state index contributed by atoms with van der Waals surface area (Å²) in [5, 5.41) is 3.00. The number of likely N-dealkylation sites (tertiary alicyclic amines) is 1. The molecule has 0 unspecified atom stereocenters. The number of amides is 2. The number of benzene rings is 1. The van der Waals surface area contributed by atoms with Crippen LogP contribution in [0.1, 0.15) is 24.8 Å². The second kappa shape index (κ2) is 8.71. The van der Waals surface area contributed by atoms with Gasteiger partial charge < -0.3 is 15.0 Å². The van der Waals surface area contributed by atoms with Gasteiger partial charge >= 0.3 is 6.03 Å². The van der Waals surface area contributed by atoms with Crippen LogP contribution in [0.25, 0.3) is 0 Å². The molecular formula is C22H28N4O2. The Morgan fingerprint density at radius 3 is 2.82 bits per heavy atom. The fourth-order valence-electron chi connectivity index (χ4n) is 4.21. The Labute approximate surface area is 166 Å². The van der Waals surface area contributed by atoms with Crippen LogP contribution in [0.5, 0.6) is 0 Å². The number of nitrogens with zero attached hydrogens (tertiary/aromatic N) is 3. The Hall–Kier alpha value is -2.44. The average molecular weight is 380 g/mol. The lowest BCUT2D eigenvalue weighted by atomic mass is 9.92. The van der Waals surface area contributed by atoms with Gasteiger partial charge in [0.2, 0.25) is 0 Å². The topological polar surface area (TPSA) is 57.7 Å². The highest BCUT2D eigenvalue weighted by atomic mass is 16.5. The van der Waals surface area contributed by atoms with E-state index >= 15 is 0 Å². The van der Waals surface area contributed by atoms with E-state index in [2.05, 4.69) is 21.3 Å². The molecule has 1 aromatic heterocycles. The van der Waals surface area contributed by atoms with Crippen molar-refractivity contribution in [3.8, 4) is 0 Å². The molecule has 0 aliphatic carbocycles. The molecule has 1 aromatic carbocycles. The zero-order valence-corrected chi connectivity index (χ0v) is 16.2. The maximum absolute atomic E-state index is 12.7. The third-order valence-corrected chi connectivity index (χ3v) is 5.67. The number of hydrogen-bond donors (Lipinski definition) is 1. The number of carbonyl (C=O) groups excluding carboxylic acids is 1. The van der Waals surface area contributed by atoms with Crippen LogP contribution in [-0.2, 0) is 11.3 Å². The Bertz CT molecular complexity index is 771. The minimum atomic E-state index is -0.151. The molecule has 6 heteroatoms. The molecule has 2 fully saturated rings. The van der Waals surface area contributed by atoms with E-state index in [0.717, 1.165) is 64.3 Å². The summed E-state index contributed by atoms with van der Waals surface area (Å²) in [4.78, 5) is 21.3. The molecule has 0 bridgehead atoms. The lowest BCUT2D eigenvalue weighted by Crippen LogP contribution is -2.52. The SMILES string of the molecule is O=C(Nc1ccccc1)N1CCC[C@@]2(CC1)CN(Cc1cccnc1)CCO2. The normalized spacial score (nSPS) is 23.4. The fourth-order valence-corrected chi connectivity index (χ4v) is 4.21. The van der Waals surface area contributed by atoms with Crippen molar-refractivity contribution in [1.82, 2.24) is 14.8 Å². The molecule has 1 atom stereocenters. The van der Waals surface area contributed by atoms with E-state index < -0.39 is 0 Å². The van der Waals surface area contributed by atoms with Crippen LogP contribution in [0.4, 0.5) is 10.5 Å². The Morgan fingerprint density at radius 1 is 1.11 bits per heavy atom. The number of urea groups is 1. The van der Waals surface area contributed by atoms with Crippen molar-refractivity contribution >= 4 is 11.7 Å². The van der Waals surface area contributed by atoms with Crippen molar-refractivity contribution in [3.63, 3.8) is 0 Å². The molecule has 3 heterocycles. The fraction of sp³-hybridized carbons (Fsp3) is 0.455. The molecule has 148 valence electrons. The van der Waals surface area contributed by atoms with E-state index in [1.54, 1.807) is 0 Å². The van der Waals surface area contributed by atoms with Gasteiger partial charge in [0.25, 0.3) is 0 Å². The first-order chi connectivity index (χ1) is 13.7. The predicted molar refractivity (Wildman–Crippen MR) is 109 cm³/mol. The molecule has 2 aliphatic heterocycles. The summed E-state index contributed by atoms with van der Waals surface area (Å²) in [6.45, 7) is 4.99. The van der Waals surface area contributed by atoms with Crippen molar-refractivity contribution < 1.29 is 9.53 Å². The second-order valence-electron chi connectivity index (χ2n) is 7.74. The van der Waals surface area contributed by atoms with Crippen molar-refractivity contribution in [2.45, 2.75) is 31.4 Å². The van der Waals surface area contributed by atoms with Crippen LogP contribution in [0.2, 0.25) is 0 Å². The number of rotatable bonds is 3.